The zero-order valence-corrected chi connectivity index (χ0v) is 40.5. The maximum Gasteiger partial charge on any atom is 0.320 e. The first-order valence-electron chi connectivity index (χ1n) is 23.2. The number of hydrazine groups is 1. The summed E-state index contributed by atoms with van der Waals surface area (Å²) < 4.78 is 13.2. The van der Waals surface area contributed by atoms with Gasteiger partial charge in [-0.05, 0) is 97.7 Å². The van der Waals surface area contributed by atoms with Crippen LogP contribution >= 0.6 is 0 Å². The topological polar surface area (TPSA) is 178 Å². The molecule has 2 aliphatic heterocycles. The molecule has 0 bridgehead atoms. The number of phenolic OH excluding ortho intramolecular Hbond substituents is 1. The number of aromatic nitrogens is 1. The Morgan fingerprint density at radius 1 is 1.00 bits per heavy atom. The highest BCUT2D eigenvalue weighted by atomic mass is 16.5. The number of urea groups is 1. The Morgan fingerprint density at radius 2 is 1.72 bits per heavy atom. The average Bonchev–Trinajstić information content (AvgIpc) is 3.60. The number of hydrogen-bond donors (Lipinski definition) is 3. The maximum atomic E-state index is 14.4. The number of nitrogens with one attached hydrogen (secondary N) is 2. The van der Waals surface area contributed by atoms with Crippen molar-refractivity contribution in [1.82, 2.24) is 35.0 Å². The highest BCUT2D eigenvalue weighted by molar-refractivity contribution is 5.94. The summed E-state index contributed by atoms with van der Waals surface area (Å²) in [6, 6.07) is 9.03. The van der Waals surface area contributed by atoms with Crippen molar-refractivity contribution in [3.8, 4) is 16.9 Å². The second kappa shape index (κ2) is 23.5. The zero-order valence-electron chi connectivity index (χ0n) is 40.5. The number of nitrogens with zero attached hydrogens (tertiary/aromatic N) is 6. The van der Waals surface area contributed by atoms with Crippen LogP contribution in [0.2, 0.25) is 0 Å². The van der Waals surface area contributed by atoms with Gasteiger partial charge in [-0.2, -0.15) is 0 Å². The molecule has 67 heavy (non-hydrogen) atoms. The number of methoxy groups -OCH3 is 1. The van der Waals surface area contributed by atoms with Crippen molar-refractivity contribution in [3.05, 3.63) is 84.2 Å². The van der Waals surface area contributed by atoms with Crippen LogP contribution in [0, 0.1) is 11.3 Å². The van der Waals surface area contributed by atoms with E-state index < -0.39 is 23.4 Å². The van der Waals surface area contributed by atoms with Crippen LogP contribution in [0.4, 0.5) is 4.79 Å². The molecular formula is C51H70N8O8. The van der Waals surface area contributed by atoms with Crippen molar-refractivity contribution >= 4 is 53.4 Å². The van der Waals surface area contributed by atoms with E-state index in [0.29, 0.717) is 75.5 Å². The summed E-state index contributed by atoms with van der Waals surface area (Å²) >= 11 is 0. The minimum absolute atomic E-state index is 0.0121. The van der Waals surface area contributed by atoms with Gasteiger partial charge >= 0.3 is 6.03 Å². The zero-order chi connectivity index (χ0) is 49.0. The van der Waals surface area contributed by atoms with Crippen LogP contribution in [0.5, 0.6) is 5.75 Å². The Balaban J connectivity index is 1.53. The van der Waals surface area contributed by atoms with Crippen LogP contribution in [0.1, 0.15) is 71.2 Å². The molecule has 3 unspecified atom stereocenters. The molecule has 3 aromatic rings. The molecule has 362 valence electrons. The largest absolute Gasteiger partial charge is 0.508 e. The molecule has 2 aromatic carbocycles. The van der Waals surface area contributed by atoms with Crippen LogP contribution in [0.25, 0.3) is 28.1 Å². The Hall–Kier alpha value is -6.26. The summed E-state index contributed by atoms with van der Waals surface area (Å²) in [4.78, 5) is 75.4. The van der Waals surface area contributed by atoms with Gasteiger partial charge in [-0.15, -0.1) is 0 Å². The van der Waals surface area contributed by atoms with Crippen LogP contribution in [0.3, 0.4) is 0 Å². The second-order valence-electron chi connectivity index (χ2n) is 18.4. The number of benzene rings is 2. The fourth-order valence-electron chi connectivity index (χ4n) is 8.99. The summed E-state index contributed by atoms with van der Waals surface area (Å²) in [6.07, 6.45) is 8.51. The summed E-state index contributed by atoms with van der Waals surface area (Å²) in [5, 5.41) is 16.8. The van der Waals surface area contributed by atoms with Gasteiger partial charge in [0.25, 0.3) is 12.4 Å². The number of piperazine rings is 1. The minimum atomic E-state index is -1.05. The van der Waals surface area contributed by atoms with Crippen LogP contribution in [-0.4, -0.2) is 144 Å². The summed E-state index contributed by atoms with van der Waals surface area (Å²) in [5.41, 5.74) is 8.49. The lowest BCUT2D eigenvalue weighted by molar-refractivity contribution is -0.141. The molecule has 0 radical (unpaired) electrons. The number of amides is 5. The quantitative estimate of drug-likeness (QED) is 0.0700. The molecule has 1 aromatic heterocycles. The number of carbonyl (C=O) groups excluding carboxylic acids is 5. The van der Waals surface area contributed by atoms with Crippen molar-refractivity contribution in [2.45, 2.75) is 92.0 Å². The third kappa shape index (κ3) is 12.8. The Bertz CT molecular complexity index is 2340. The molecule has 5 rings (SSSR count). The van der Waals surface area contributed by atoms with E-state index >= 15 is 0 Å². The molecule has 3 heterocycles. The van der Waals surface area contributed by atoms with Crippen LogP contribution < -0.4 is 10.7 Å². The first-order chi connectivity index (χ1) is 32.0. The molecule has 0 saturated carbocycles. The predicted octanol–water partition coefficient (Wildman–Crippen LogP) is 5.97. The van der Waals surface area contributed by atoms with Crippen LogP contribution in [0.15, 0.2) is 72.4 Å². The van der Waals surface area contributed by atoms with Gasteiger partial charge in [0.2, 0.25) is 11.8 Å². The highest BCUT2D eigenvalue weighted by Crippen LogP contribution is 2.37. The first-order valence-corrected chi connectivity index (χ1v) is 23.2. The number of aromatic hydroxyl groups is 1. The van der Waals surface area contributed by atoms with Crippen molar-refractivity contribution in [1.29, 1.82) is 0 Å². The van der Waals surface area contributed by atoms with Crippen molar-refractivity contribution in [3.63, 3.8) is 0 Å². The van der Waals surface area contributed by atoms with Gasteiger partial charge in [-0.25, -0.2) is 10.2 Å². The summed E-state index contributed by atoms with van der Waals surface area (Å²) in [7, 11) is 3.22. The Labute approximate surface area is 395 Å². The molecule has 0 aliphatic carbocycles. The van der Waals surface area contributed by atoms with Crippen LogP contribution in [-0.2, 0) is 48.0 Å². The van der Waals surface area contributed by atoms with E-state index in [1.807, 2.05) is 52.8 Å². The molecule has 2 saturated heterocycles. The van der Waals surface area contributed by atoms with E-state index in [0.717, 1.165) is 40.6 Å². The molecule has 2 aliphatic rings. The normalized spacial score (nSPS) is 16.2. The molecule has 16 nitrogen and oxygen atoms in total. The molecule has 3 atom stereocenters. The molecular weight excluding hydrogens is 853 g/mol. The van der Waals surface area contributed by atoms with Gasteiger partial charge in [0, 0.05) is 94.6 Å². The number of allylic oxidation sites excluding steroid dienone is 1. The third-order valence-corrected chi connectivity index (χ3v) is 12.5. The van der Waals surface area contributed by atoms with E-state index in [-0.39, 0.29) is 48.6 Å². The lowest BCUT2D eigenvalue weighted by Crippen LogP contribution is -2.61. The van der Waals surface area contributed by atoms with Gasteiger partial charge in [0.15, 0.2) is 0 Å². The number of aliphatic imine (C=N–C) groups is 1. The highest BCUT2D eigenvalue weighted by Gasteiger charge is 2.37. The Morgan fingerprint density at radius 3 is 2.33 bits per heavy atom. The van der Waals surface area contributed by atoms with Crippen molar-refractivity contribution in [2.75, 3.05) is 60.0 Å². The molecule has 5 amide bonds. The predicted molar refractivity (Wildman–Crippen MR) is 262 cm³/mol. The number of rotatable bonds is 20. The van der Waals surface area contributed by atoms with Gasteiger partial charge in [0.1, 0.15) is 17.8 Å². The number of likely N-dealkylation sites (N-methyl/N-ethyl adjacent to an activating group) is 1. The smallest absolute Gasteiger partial charge is 0.320 e. The number of ether oxygens (including phenoxy) is 2. The van der Waals surface area contributed by atoms with Gasteiger partial charge in [0.05, 0.1) is 18.4 Å². The number of aryl methyl sites for hydroxylation is 1. The second-order valence-corrected chi connectivity index (χ2v) is 18.4. The fourth-order valence-corrected chi connectivity index (χ4v) is 8.99. The fraction of sp³-hybridized carbons (Fsp3) is 0.490. The van der Waals surface area contributed by atoms with Gasteiger partial charge in [-0.1, -0.05) is 59.1 Å². The standard InChI is InChI=1S/C51H70N8O8/c1-11-18-52-42(35(6)66-10)30-45-41(31-51(7,8)32-67-33-60)40-29-37(16-17-44(40)58(45)13-3)38-25-36(26-39(61)28-38)27-43(49(64)59-20-15-14-19-53-59)54-48(63)47(34(4)5)55(9)50(65)57-23-21-56(22-24-57)46(62)12-2/h11-12,16-18,25-26,28-30,33-35,43,47,53,61H,1-2,13-15,19-24,27,31-32H2,3-10H3,(H,54,63)/b42-30+,52-18?. The molecule has 0 spiro atoms. The lowest BCUT2D eigenvalue weighted by Gasteiger charge is -2.39. The number of phenols is 1. The van der Waals surface area contributed by atoms with E-state index in [9.17, 15) is 29.1 Å². The molecule has 16 heteroatoms. The molecule has 3 N–H and O–H groups in total. The monoisotopic (exact) mass is 923 g/mol. The maximum absolute atomic E-state index is 14.4. The first kappa shape index (κ1) is 51.7. The number of fused-ring (bicyclic) bond motifs is 1. The minimum Gasteiger partial charge on any atom is -0.508 e. The SMILES string of the molecule is C=CC=N/C(=C/c1c(CC(C)(C)COC=O)c2cc(-c3cc(O)cc(CC(NC(=O)C(C(C)C)N(C)C(=O)N4CCN(C(=O)C=C)CC4)C(=O)N4CCCCN4)c3)ccc2n1CC)C(C)OC. The van der Waals surface area contributed by atoms with E-state index in [1.54, 1.807) is 53.4 Å². The number of hydrogen-bond acceptors (Lipinski definition) is 10. The third-order valence-electron chi connectivity index (χ3n) is 12.5. The number of carbonyl (C=O) groups is 5. The average molecular weight is 923 g/mol. The van der Waals surface area contributed by atoms with E-state index in [4.69, 9.17) is 9.47 Å². The van der Waals surface area contributed by atoms with Gasteiger partial charge in [-0.3, -0.25) is 29.2 Å². The molecule has 2 fully saturated rings. The van der Waals surface area contributed by atoms with E-state index in [1.165, 1.54) is 11.0 Å². The summed E-state index contributed by atoms with van der Waals surface area (Å²) in [6.45, 7) is 22.9. The summed E-state index contributed by atoms with van der Waals surface area (Å²) in [5.74, 6) is -1.33. The van der Waals surface area contributed by atoms with E-state index in [2.05, 4.69) is 52.5 Å². The lowest BCUT2D eigenvalue weighted by atomic mass is 9.85. The van der Waals surface area contributed by atoms with Crippen molar-refractivity contribution < 1.29 is 38.6 Å². The van der Waals surface area contributed by atoms with Gasteiger partial charge < -0.3 is 39.2 Å². The Kier molecular flexibility index (Phi) is 18.1. The van der Waals surface area contributed by atoms with Crippen molar-refractivity contribution in [2.24, 2.45) is 16.3 Å².